The molecule has 24 heavy (non-hydrogen) atoms. The van der Waals surface area contributed by atoms with Gasteiger partial charge in [0.15, 0.2) is 0 Å². The number of carbonyl (C=O) groups is 2. The molecule has 0 saturated carbocycles. The van der Waals surface area contributed by atoms with Gasteiger partial charge in [-0.05, 0) is 31.9 Å². The zero-order chi connectivity index (χ0) is 17.7. The minimum absolute atomic E-state index is 0.227. The average molecular weight is 342 g/mol. The monoisotopic (exact) mass is 342 g/mol. The molecule has 1 unspecified atom stereocenters. The van der Waals surface area contributed by atoms with Crippen LogP contribution >= 0.6 is 11.3 Å². The molecule has 5 nitrogen and oxygen atoms in total. The molecule has 1 aromatic heterocycles. The molecule has 2 aromatic rings. The van der Waals surface area contributed by atoms with Gasteiger partial charge in [0.25, 0.3) is 0 Å². The molecule has 0 fully saturated rings. The number of carbonyl (C=O) groups excluding carboxylic acids is 2. The van der Waals surface area contributed by atoms with Crippen LogP contribution in [0.2, 0.25) is 0 Å². The fraction of sp³-hybridized carbons (Fsp3) is 0.278. The number of benzene rings is 1. The van der Waals surface area contributed by atoms with Crippen LogP contribution in [-0.4, -0.2) is 18.5 Å². The minimum Gasteiger partial charge on any atom is -0.462 e. The summed E-state index contributed by atoms with van der Waals surface area (Å²) >= 11 is 1.07. The first-order valence-electron chi connectivity index (χ1n) is 7.56. The fourth-order valence-corrected chi connectivity index (χ4v) is 3.29. The standard InChI is InChI=1S/C18H18N2O3S/c1-4-23-18(22)15-12(3)14(10-19)17(24-15)20-16(21)11(2)13-8-6-5-7-9-13/h5-9,11H,4H2,1-3H3,(H,20,21). The summed E-state index contributed by atoms with van der Waals surface area (Å²) in [6.07, 6.45) is 0. The van der Waals surface area contributed by atoms with E-state index in [0.717, 1.165) is 16.9 Å². The van der Waals surface area contributed by atoms with Crippen molar-refractivity contribution in [2.45, 2.75) is 26.7 Å². The maximum Gasteiger partial charge on any atom is 0.348 e. The smallest absolute Gasteiger partial charge is 0.348 e. The lowest BCUT2D eigenvalue weighted by Gasteiger charge is -2.11. The number of nitrogens with one attached hydrogen (secondary N) is 1. The molecule has 1 N–H and O–H groups in total. The van der Waals surface area contributed by atoms with Crippen LogP contribution in [0.1, 0.15) is 46.1 Å². The second-order valence-corrected chi connectivity index (χ2v) is 6.23. The highest BCUT2D eigenvalue weighted by molar-refractivity contribution is 7.18. The number of ether oxygens (including phenoxy) is 1. The van der Waals surface area contributed by atoms with Crippen molar-refractivity contribution < 1.29 is 14.3 Å². The van der Waals surface area contributed by atoms with E-state index in [4.69, 9.17) is 4.74 Å². The predicted octanol–water partition coefficient (Wildman–Crippen LogP) is 3.85. The summed E-state index contributed by atoms with van der Waals surface area (Å²) in [6.45, 7) is 5.45. The number of anilines is 1. The van der Waals surface area contributed by atoms with Gasteiger partial charge >= 0.3 is 5.97 Å². The molecule has 0 aliphatic rings. The highest BCUT2D eigenvalue weighted by Crippen LogP contribution is 2.33. The van der Waals surface area contributed by atoms with Crippen LogP contribution in [0, 0.1) is 18.3 Å². The first kappa shape index (κ1) is 17.7. The normalized spacial score (nSPS) is 11.4. The van der Waals surface area contributed by atoms with Gasteiger partial charge < -0.3 is 10.1 Å². The Labute approximate surface area is 144 Å². The molecule has 6 heteroatoms. The third kappa shape index (κ3) is 3.63. The zero-order valence-corrected chi connectivity index (χ0v) is 14.6. The molecule has 1 heterocycles. The van der Waals surface area contributed by atoms with E-state index in [1.54, 1.807) is 20.8 Å². The average Bonchev–Trinajstić information content (AvgIpc) is 2.90. The summed E-state index contributed by atoms with van der Waals surface area (Å²) in [4.78, 5) is 24.8. The van der Waals surface area contributed by atoms with Crippen LogP contribution in [-0.2, 0) is 9.53 Å². The second-order valence-electron chi connectivity index (χ2n) is 5.21. The maximum atomic E-state index is 12.5. The maximum absolute atomic E-state index is 12.5. The quantitative estimate of drug-likeness (QED) is 0.837. The fourth-order valence-electron chi connectivity index (χ4n) is 2.24. The van der Waals surface area contributed by atoms with Crippen LogP contribution in [0.15, 0.2) is 30.3 Å². The Morgan fingerprint density at radius 2 is 2.00 bits per heavy atom. The first-order chi connectivity index (χ1) is 11.5. The highest BCUT2D eigenvalue weighted by atomic mass is 32.1. The van der Waals surface area contributed by atoms with Crippen molar-refractivity contribution in [3.63, 3.8) is 0 Å². The molecule has 0 radical (unpaired) electrons. The summed E-state index contributed by atoms with van der Waals surface area (Å²) in [5.74, 6) is -1.08. The van der Waals surface area contributed by atoms with Gasteiger partial charge in [-0.2, -0.15) is 5.26 Å². The molecule has 1 atom stereocenters. The molecule has 0 bridgehead atoms. The van der Waals surface area contributed by atoms with Gasteiger partial charge in [-0.1, -0.05) is 30.3 Å². The van der Waals surface area contributed by atoms with E-state index in [0.29, 0.717) is 21.0 Å². The Morgan fingerprint density at radius 3 is 2.58 bits per heavy atom. The van der Waals surface area contributed by atoms with Gasteiger partial charge in [0.05, 0.1) is 18.1 Å². The van der Waals surface area contributed by atoms with Gasteiger partial charge in [0.2, 0.25) is 5.91 Å². The van der Waals surface area contributed by atoms with E-state index in [9.17, 15) is 14.9 Å². The molecule has 1 amide bonds. The lowest BCUT2D eigenvalue weighted by atomic mass is 10.0. The third-order valence-electron chi connectivity index (χ3n) is 3.65. The van der Waals surface area contributed by atoms with E-state index >= 15 is 0 Å². The number of nitriles is 1. The van der Waals surface area contributed by atoms with E-state index in [1.165, 1.54) is 0 Å². The highest BCUT2D eigenvalue weighted by Gasteiger charge is 2.24. The topological polar surface area (TPSA) is 79.2 Å². The van der Waals surface area contributed by atoms with Crippen LogP contribution in [0.4, 0.5) is 5.00 Å². The van der Waals surface area contributed by atoms with Crippen molar-refractivity contribution >= 4 is 28.2 Å². The molecular formula is C18H18N2O3S. The largest absolute Gasteiger partial charge is 0.462 e. The summed E-state index contributed by atoms with van der Waals surface area (Å²) in [5, 5.41) is 12.5. The molecule has 2 rings (SSSR count). The van der Waals surface area contributed by atoms with Crippen molar-refractivity contribution in [2.75, 3.05) is 11.9 Å². The molecule has 0 aliphatic carbocycles. The predicted molar refractivity (Wildman–Crippen MR) is 93.2 cm³/mol. The Balaban J connectivity index is 2.26. The van der Waals surface area contributed by atoms with Gasteiger partial charge in [-0.3, -0.25) is 4.79 Å². The van der Waals surface area contributed by atoms with E-state index in [1.807, 2.05) is 30.3 Å². The number of hydrogen-bond acceptors (Lipinski definition) is 5. The van der Waals surface area contributed by atoms with Gasteiger partial charge in [0, 0.05) is 0 Å². The Bertz CT molecular complexity index is 791. The Kier molecular flexibility index (Phi) is 5.72. The SMILES string of the molecule is CCOC(=O)c1sc(NC(=O)C(C)c2ccccc2)c(C#N)c1C. The zero-order valence-electron chi connectivity index (χ0n) is 13.8. The lowest BCUT2D eigenvalue weighted by molar-refractivity contribution is -0.117. The Hall–Kier alpha value is -2.65. The van der Waals surface area contributed by atoms with Crippen molar-refractivity contribution in [3.8, 4) is 6.07 Å². The van der Waals surface area contributed by atoms with Gasteiger partial charge in [-0.25, -0.2) is 4.79 Å². The van der Waals surface area contributed by atoms with Crippen molar-refractivity contribution in [3.05, 3.63) is 51.9 Å². The second kappa shape index (κ2) is 7.75. The molecular weight excluding hydrogens is 324 g/mol. The van der Waals surface area contributed by atoms with Crippen molar-refractivity contribution in [1.29, 1.82) is 5.26 Å². The summed E-state index contributed by atoms with van der Waals surface area (Å²) in [5.41, 5.74) is 1.72. The molecule has 0 aliphatic heterocycles. The summed E-state index contributed by atoms with van der Waals surface area (Å²) in [7, 11) is 0. The van der Waals surface area contributed by atoms with Gasteiger partial charge in [-0.15, -0.1) is 11.3 Å². The first-order valence-corrected chi connectivity index (χ1v) is 8.37. The Morgan fingerprint density at radius 1 is 1.33 bits per heavy atom. The number of amides is 1. The van der Waals surface area contributed by atoms with Crippen molar-refractivity contribution in [2.24, 2.45) is 0 Å². The number of thiophene rings is 1. The van der Waals surface area contributed by atoms with Crippen LogP contribution in [0.5, 0.6) is 0 Å². The molecule has 0 spiro atoms. The lowest BCUT2D eigenvalue weighted by Crippen LogP contribution is -2.18. The summed E-state index contributed by atoms with van der Waals surface area (Å²) in [6, 6.07) is 11.4. The van der Waals surface area contributed by atoms with E-state index < -0.39 is 5.97 Å². The molecule has 0 saturated heterocycles. The van der Waals surface area contributed by atoms with Crippen LogP contribution in [0.3, 0.4) is 0 Å². The number of esters is 1. The van der Waals surface area contributed by atoms with Crippen LogP contribution in [0.25, 0.3) is 0 Å². The minimum atomic E-state index is -0.479. The number of rotatable bonds is 5. The van der Waals surface area contributed by atoms with Crippen LogP contribution < -0.4 is 5.32 Å². The molecule has 124 valence electrons. The van der Waals surface area contributed by atoms with Gasteiger partial charge in [0.1, 0.15) is 15.9 Å². The third-order valence-corrected chi connectivity index (χ3v) is 4.84. The summed E-state index contributed by atoms with van der Waals surface area (Å²) < 4.78 is 4.99. The molecule has 1 aromatic carbocycles. The number of hydrogen-bond donors (Lipinski definition) is 1. The number of nitrogens with zero attached hydrogens (tertiary/aromatic N) is 1. The van der Waals surface area contributed by atoms with E-state index in [-0.39, 0.29) is 18.4 Å². The van der Waals surface area contributed by atoms with Crippen molar-refractivity contribution in [1.82, 2.24) is 0 Å². The van der Waals surface area contributed by atoms with E-state index in [2.05, 4.69) is 11.4 Å².